The fourth-order valence-electron chi connectivity index (χ4n) is 4.77. The van der Waals surface area contributed by atoms with Crippen LogP contribution >= 0.6 is 11.3 Å². The molecule has 1 amide bonds. The van der Waals surface area contributed by atoms with Crippen LogP contribution in [0.2, 0.25) is 0 Å². The van der Waals surface area contributed by atoms with Gasteiger partial charge in [0.05, 0.1) is 16.8 Å². The lowest BCUT2D eigenvalue weighted by molar-refractivity contribution is -0.121. The maximum Gasteiger partial charge on any atom is 0.259 e. The van der Waals surface area contributed by atoms with Crippen molar-refractivity contribution < 1.29 is 4.79 Å². The number of carbonyl (C=O) groups excluding carboxylic acids is 1. The summed E-state index contributed by atoms with van der Waals surface area (Å²) in [6.45, 7) is 0.358. The number of aromatic nitrogens is 4. The number of hydrogen-bond donors (Lipinski definition) is 2. The number of rotatable bonds is 7. The minimum atomic E-state index is -0.0992. The molecular weight excluding hydrogens is 470 g/mol. The summed E-state index contributed by atoms with van der Waals surface area (Å²) in [5, 5.41) is 8.56. The predicted octanol–water partition coefficient (Wildman–Crippen LogP) is 4.58. The number of thiophene rings is 1. The number of amides is 1. The maximum atomic E-state index is 12.7. The Kier molecular flexibility index (Phi) is 5.95. The van der Waals surface area contributed by atoms with Crippen molar-refractivity contribution in [2.75, 3.05) is 0 Å². The number of aryl methyl sites for hydroxylation is 3. The molecule has 0 radical (unpaired) electrons. The van der Waals surface area contributed by atoms with Gasteiger partial charge in [0.25, 0.3) is 5.56 Å². The van der Waals surface area contributed by atoms with Gasteiger partial charge in [-0.15, -0.1) is 11.3 Å². The molecule has 2 aromatic carbocycles. The Morgan fingerprint density at radius 2 is 1.83 bits per heavy atom. The molecule has 0 aliphatic heterocycles. The van der Waals surface area contributed by atoms with Gasteiger partial charge in [0.15, 0.2) is 0 Å². The number of aromatic amines is 1. The van der Waals surface area contributed by atoms with Gasteiger partial charge >= 0.3 is 0 Å². The first-order valence-corrected chi connectivity index (χ1v) is 13.0. The second-order valence-corrected chi connectivity index (χ2v) is 10.1. The SMILES string of the molecule is O=C(CCc1nc2sc3c(c2c(=O)[nH]1)CCC3)NCc1cn(-c2ccccc2)nc1-c1ccccc1. The molecule has 2 N–H and O–H groups in total. The highest BCUT2D eigenvalue weighted by atomic mass is 32.1. The first kappa shape index (κ1) is 22.4. The fraction of sp³-hybridized carbons (Fsp3) is 0.214. The van der Waals surface area contributed by atoms with Gasteiger partial charge in [-0.2, -0.15) is 5.10 Å². The van der Waals surface area contributed by atoms with Crippen LogP contribution in [0.25, 0.3) is 27.2 Å². The molecule has 5 aromatic rings. The largest absolute Gasteiger partial charge is 0.352 e. The van der Waals surface area contributed by atoms with Gasteiger partial charge in [-0.05, 0) is 37.0 Å². The summed E-state index contributed by atoms with van der Waals surface area (Å²) in [6.07, 6.45) is 5.67. The quantitative estimate of drug-likeness (QED) is 0.346. The summed E-state index contributed by atoms with van der Waals surface area (Å²) in [6, 6.07) is 19.9. The monoisotopic (exact) mass is 495 g/mol. The number of fused-ring (bicyclic) bond motifs is 3. The third-order valence-corrected chi connectivity index (χ3v) is 7.73. The lowest BCUT2D eigenvalue weighted by atomic mass is 10.1. The van der Waals surface area contributed by atoms with Crippen molar-refractivity contribution in [3.8, 4) is 16.9 Å². The number of hydrogen-bond acceptors (Lipinski definition) is 5. The molecule has 3 heterocycles. The van der Waals surface area contributed by atoms with Crippen molar-refractivity contribution in [3.63, 3.8) is 0 Å². The van der Waals surface area contributed by atoms with Gasteiger partial charge < -0.3 is 10.3 Å². The van der Waals surface area contributed by atoms with Gasteiger partial charge in [-0.25, -0.2) is 9.67 Å². The summed E-state index contributed by atoms with van der Waals surface area (Å²) in [5.74, 6) is 0.460. The van der Waals surface area contributed by atoms with Crippen LogP contribution in [0.5, 0.6) is 0 Å². The van der Waals surface area contributed by atoms with Gasteiger partial charge in [0.1, 0.15) is 10.7 Å². The molecule has 1 aliphatic carbocycles. The van der Waals surface area contributed by atoms with E-state index in [1.807, 2.05) is 71.5 Å². The first-order valence-electron chi connectivity index (χ1n) is 12.2. The van der Waals surface area contributed by atoms with E-state index in [9.17, 15) is 9.59 Å². The van der Waals surface area contributed by atoms with Gasteiger partial charge in [-0.1, -0.05) is 48.5 Å². The van der Waals surface area contributed by atoms with Crippen molar-refractivity contribution >= 4 is 27.5 Å². The van der Waals surface area contributed by atoms with Crippen molar-refractivity contribution in [2.45, 2.75) is 38.6 Å². The molecule has 7 nitrogen and oxygen atoms in total. The zero-order valence-corrected chi connectivity index (χ0v) is 20.5. The molecule has 0 saturated carbocycles. The van der Waals surface area contributed by atoms with Crippen LogP contribution in [0.15, 0.2) is 71.7 Å². The van der Waals surface area contributed by atoms with Gasteiger partial charge in [0.2, 0.25) is 5.91 Å². The smallest absolute Gasteiger partial charge is 0.259 e. The third-order valence-electron chi connectivity index (χ3n) is 6.55. The van der Waals surface area contributed by atoms with Crippen LogP contribution in [-0.4, -0.2) is 25.7 Å². The Morgan fingerprint density at radius 1 is 1.06 bits per heavy atom. The van der Waals surface area contributed by atoms with E-state index in [2.05, 4.69) is 15.3 Å². The number of para-hydroxylation sites is 1. The molecule has 0 saturated heterocycles. The molecule has 8 heteroatoms. The molecule has 180 valence electrons. The fourth-order valence-corrected chi connectivity index (χ4v) is 6.05. The normalized spacial score (nSPS) is 12.7. The topological polar surface area (TPSA) is 92.7 Å². The molecular formula is C28H25N5O2S. The summed E-state index contributed by atoms with van der Waals surface area (Å²) in [7, 11) is 0. The van der Waals surface area contributed by atoms with E-state index in [1.54, 1.807) is 11.3 Å². The number of benzene rings is 2. The van der Waals surface area contributed by atoms with Crippen LogP contribution < -0.4 is 10.9 Å². The maximum absolute atomic E-state index is 12.7. The first-order chi connectivity index (χ1) is 17.7. The summed E-state index contributed by atoms with van der Waals surface area (Å²) < 4.78 is 1.84. The van der Waals surface area contributed by atoms with Gasteiger partial charge in [-0.3, -0.25) is 9.59 Å². The van der Waals surface area contributed by atoms with E-state index in [-0.39, 0.29) is 17.9 Å². The highest BCUT2D eigenvalue weighted by molar-refractivity contribution is 7.18. The number of nitrogens with zero attached hydrogens (tertiary/aromatic N) is 3. The van der Waals surface area contributed by atoms with Crippen molar-refractivity contribution in [3.05, 3.63) is 99.0 Å². The second kappa shape index (κ2) is 9.54. The molecule has 0 fully saturated rings. The van der Waals surface area contributed by atoms with Gasteiger partial charge in [0, 0.05) is 41.6 Å². The lowest BCUT2D eigenvalue weighted by Gasteiger charge is -2.06. The second-order valence-electron chi connectivity index (χ2n) is 8.98. The van der Waals surface area contributed by atoms with Crippen molar-refractivity contribution in [2.24, 2.45) is 0 Å². The molecule has 6 rings (SSSR count). The number of nitrogens with one attached hydrogen (secondary N) is 2. The lowest BCUT2D eigenvalue weighted by Crippen LogP contribution is -2.24. The van der Waals surface area contributed by atoms with Crippen molar-refractivity contribution in [1.29, 1.82) is 0 Å². The Hall–Kier alpha value is -4.04. The van der Waals surface area contributed by atoms with E-state index in [0.29, 0.717) is 18.8 Å². The minimum absolute atomic E-state index is 0.0874. The Labute approximate surface area is 211 Å². The molecule has 1 aliphatic rings. The van der Waals surface area contributed by atoms with Crippen LogP contribution in [0.1, 0.15) is 34.7 Å². The van der Waals surface area contributed by atoms with E-state index >= 15 is 0 Å². The van der Waals surface area contributed by atoms with Crippen LogP contribution in [0.4, 0.5) is 0 Å². The standard InChI is InChI=1S/C28H25N5O2S/c34-24(15-14-23-30-27(35)25-21-12-7-13-22(21)36-28(25)31-23)29-16-19-17-33(20-10-5-2-6-11-20)32-26(19)18-8-3-1-4-9-18/h1-6,8-11,17H,7,12-16H2,(H,29,34)(H,30,31,35). The molecule has 0 bridgehead atoms. The summed E-state index contributed by atoms with van der Waals surface area (Å²) in [4.78, 5) is 35.0. The average Bonchev–Trinajstić information content (AvgIpc) is 3.62. The summed E-state index contributed by atoms with van der Waals surface area (Å²) in [5.41, 5.74) is 4.79. The molecule has 0 unspecified atom stereocenters. The highest BCUT2D eigenvalue weighted by Crippen LogP contribution is 2.34. The van der Waals surface area contributed by atoms with E-state index in [4.69, 9.17) is 5.10 Å². The Balaban J connectivity index is 1.16. The summed E-state index contributed by atoms with van der Waals surface area (Å²) >= 11 is 1.62. The number of H-pyrrole nitrogens is 1. The zero-order valence-electron chi connectivity index (χ0n) is 19.7. The van der Waals surface area contributed by atoms with E-state index in [1.165, 1.54) is 10.4 Å². The number of carbonyl (C=O) groups is 1. The molecule has 0 atom stereocenters. The van der Waals surface area contributed by atoms with E-state index in [0.717, 1.165) is 52.0 Å². The van der Waals surface area contributed by atoms with Crippen LogP contribution in [0.3, 0.4) is 0 Å². The highest BCUT2D eigenvalue weighted by Gasteiger charge is 2.21. The third kappa shape index (κ3) is 4.35. The molecule has 0 spiro atoms. The predicted molar refractivity (Wildman–Crippen MR) is 141 cm³/mol. The van der Waals surface area contributed by atoms with Crippen molar-refractivity contribution in [1.82, 2.24) is 25.1 Å². The Bertz CT molecular complexity index is 1600. The average molecular weight is 496 g/mol. The zero-order chi connectivity index (χ0) is 24.5. The van der Waals surface area contributed by atoms with E-state index < -0.39 is 0 Å². The molecule has 3 aromatic heterocycles. The van der Waals surface area contributed by atoms with Crippen LogP contribution in [0, 0.1) is 0 Å². The minimum Gasteiger partial charge on any atom is -0.352 e. The molecule has 36 heavy (non-hydrogen) atoms. The Morgan fingerprint density at radius 3 is 2.64 bits per heavy atom. The van der Waals surface area contributed by atoms with Crippen LogP contribution in [-0.2, 0) is 30.6 Å².